The van der Waals surface area contributed by atoms with Crippen LogP contribution < -0.4 is 16.4 Å². The maximum absolute atomic E-state index is 12.2. The summed E-state index contributed by atoms with van der Waals surface area (Å²) < 4.78 is 41.6. The van der Waals surface area contributed by atoms with Crippen LogP contribution in [0.25, 0.3) is 0 Å². The molecule has 0 aromatic heterocycles. The van der Waals surface area contributed by atoms with Gasteiger partial charge in [-0.15, -0.1) is 0 Å². The minimum Gasteiger partial charge on any atom is -0.384 e. The molecule has 0 amide bonds. The van der Waals surface area contributed by atoms with Gasteiger partial charge in [0.2, 0.25) is 0 Å². The van der Waals surface area contributed by atoms with Gasteiger partial charge in [0.05, 0.1) is 23.2 Å². The Balaban J connectivity index is 1.60. The molecule has 7 nitrogen and oxygen atoms in total. The fourth-order valence-corrected chi connectivity index (χ4v) is 3.01. The molecule has 1 saturated heterocycles. The van der Waals surface area contributed by atoms with Crippen LogP contribution in [0, 0.1) is 11.3 Å². The summed E-state index contributed by atoms with van der Waals surface area (Å²) in [6.45, 7) is 3.51. The van der Waals surface area contributed by atoms with Crippen molar-refractivity contribution < 1.29 is 17.9 Å². The summed E-state index contributed by atoms with van der Waals surface area (Å²) in [5, 5.41) is 13.8. The zero-order valence-corrected chi connectivity index (χ0v) is 16.8. The second-order valence-corrected chi connectivity index (χ2v) is 7.46. The summed E-state index contributed by atoms with van der Waals surface area (Å²) in [6.07, 6.45) is 5.52. The van der Waals surface area contributed by atoms with Gasteiger partial charge in [0.15, 0.2) is 0 Å². The van der Waals surface area contributed by atoms with Gasteiger partial charge >= 0.3 is 6.18 Å². The molecule has 0 radical (unpaired) electrons. The number of fused-ring (bicyclic) bond motifs is 1. The molecular formula is C20H25F3N6O. The first-order valence-corrected chi connectivity index (χ1v) is 9.52. The molecule has 162 valence electrons. The van der Waals surface area contributed by atoms with Gasteiger partial charge in [-0.05, 0) is 35.8 Å². The molecule has 0 aromatic rings. The summed E-state index contributed by atoms with van der Waals surface area (Å²) in [5.41, 5.74) is 9.22. The lowest BCUT2D eigenvalue weighted by molar-refractivity contribution is -0.196. The largest absolute Gasteiger partial charge is 0.411 e. The van der Waals surface area contributed by atoms with Crippen LogP contribution in [0.15, 0.2) is 64.0 Å². The number of nitrogens with one attached hydrogen (secondary N) is 3. The zero-order chi connectivity index (χ0) is 21.9. The van der Waals surface area contributed by atoms with E-state index < -0.39 is 18.9 Å². The van der Waals surface area contributed by atoms with Crippen molar-refractivity contribution in [3.05, 3.63) is 59.0 Å². The molecule has 5 N–H and O–H groups in total. The van der Waals surface area contributed by atoms with Gasteiger partial charge in [0.25, 0.3) is 0 Å². The molecule has 0 atom stereocenters. The van der Waals surface area contributed by atoms with Crippen molar-refractivity contribution in [1.82, 2.24) is 15.5 Å². The van der Waals surface area contributed by atoms with Crippen molar-refractivity contribution in [3.63, 3.8) is 0 Å². The standard InChI is InChI=1S/C20H25F3N6O/c1-12(2)13(7-24)5-18(25)28-19-4-3-16-17(27-19)6-14(8-26-16)29-9-15(10-29)30-11-20(21,22)23/h3-8,12,15,24,26-27H,9-11H2,1-2H3,(H2,25,28). The van der Waals surface area contributed by atoms with Crippen LogP contribution in [0.3, 0.4) is 0 Å². The number of alkyl halides is 3. The van der Waals surface area contributed by atoms with E-state index in [1.165, 1.54) is 6.21 Å². The molecule has 3 aliphatic heterocycles. The van der Waals surface area contributed by atoms with Crippen LogP contribution in [0.1, 0.15) is 13.8 Å². The van der Waals surface area contributed by atoms with Crippen molar-refractivity contribution >= 4 is 12.1 Å². The number of nitrogens with two attached hydrogens (primary N) is 1. The maximum atomic E-state index is 12.2. The third-order valence-electron chi connectivity index (χ3n) is 4.72. The number of hydrogen-bond acceptors (Lipinski definition) is 6. The highest BCUT2D eigenvalue weighted by Gasteiger charge is 2.35. The molecule has 0 aromatic carbocycles. The van der Waals surface area contributed by atoms with Gasteiger partial charge in [-0.2, -0.15) is 13.2 Å². The van der Waals surface area contributed by atoms with Crippen LogP contribution in [-0.2, 0) is 4.74 Å². The molecule has 3 rings (SSSR count). The first kappa shape index (κ1) is 21.7. The Bertz CT molecular complexity index is 873. The predicted molar refractivity (Wildman–Crippen MR) is 109 cm³/mol. The lowest BCUT2D eigenvalue weighted by Crippen LogP contribution is -2.52. The second-order valence-electron chi connectivity index (χ2n) is 7.46. The number of likely N-dealkylation sites (tertiary alicyclic amines) is 1. The average molecular weight is 422 g/mol. The Labute approximate surface area is 173 Å². The number of rotatable bonds is 7. The van der Waals surface area contributed by atoms with E-state index in [2.05, 4.69) is 15.6 Å². The van der Waals surface area contributed by atoms with Crippen molar-refractivity contribution in [2.45, 2.75) is 26.1 Å². The first-order chi connectivity index (χ1) is 14.1. The Kier molecular flexibility index (Phi) is 6.35. The van der Waals surface area contributed by atoms with E-state index in [0.29, 0.717) is 18.9 Å². The molecule has 10 heteroatoms. The van der Waals surface area contributed by atoms with Crippen LogP contribution in [0.4, 0.5) is 13.2 Å². The molecule has 0 unspecified atom stereocenters. The van der Waals surface area contributed by atoms with E-state index in [1.807, 2.05) is 30.9 Å². The van der Waals surface area contributed by atoms with Crippen molar-refractivity contribution in [2.75, 3.05) is 19.7 Å². The van der Waals surface area contributed by atoms with Gasteiger partial charge in [0, 0.05) is 25.5 Å². The SMILES string of the molecule is CC(C)C(C=N)=CC(N)=NC1=CC=C2NC=C(N3CC(OCC(F)(F)F)C3)C=C2N1. The molecular weight excluding hydrogens is 397 g/mol. The fraction of sp³-hybridized carbons (Fsp3) is 0.400. The Hall–Kier alpha value is -3.01. The van der Waals surface area contributed by atoms with Crippen molar-refractivity contribution in [1.29, 1.82) is 5.41 Å². The number of ether oxygens (including phenoxy) is 1. The number of allylic oxidation sites excluding steroid dienone is 4. The Morgan fingerprint density at radius 2 is 2.10 bits per heavy atom. The van der Waals surface area contributed by atoms with E-state index in [0.717, 1.165) is 22.7 Å². The zero-order valence-electron chi connectivity index (χ0n) is 16.8. The summed E-state index contributed by atoms with van der Waals surface area (Å²) >= 11 is 0. The summed E-state index contributed by atoms with van der Waals surface area (Å²) in [7, 11) is 0. The maximum Gasteiger partial charge on any atom is 0.411 e. The Morgan fingerprint density at radius 1 is 1.37 bits per heavy atom. The van der Waals surface area contributed by atoms with Gasteiger partial charge in [-0.3, -0.25) is 0 Å². The van der Waals surface area contributed by atoms with E-state index in [9.17, 15) is 13.2 Å². The number of halogens is 3. The normalized spacial score (nSPS) is 20.3. The molecule has 3 heterocycles. The number of amidine groups is 1. The van der Waals surface area contributed by atoms with Crippen LogP contribution >= 0.6 is 0 Å². The summed E-state index contributed by atoms with van der Waals surface area (Å²) in [5.74, 6) is 0.990. The van der Waals surface area contributed by atoms with Gasteiger partial charge < -0.3 is 31.4 Å². The number of aliphatic imine (C=N–C) groups is 1. The van der Waals surface area contributed by atoms with Crippen LogP contribution in [-0.4, -0.2) is 48.9 Å². The lowest BCUT2D eigenvalue weighted by atomic mass is 10.0. The third-order valence-corrected chi connectivity index (χ3v) is 4.72. The van der Waals surface area contributed by atoms with Crippen molar-refractivity contribution in [3.8, 4) is 0 Å². The highest BCUT2D eigenvalue weighted by molar-refractivity contribution is 5.97. The highest BCUT2D eigenvalue weighted by Crippen LogP contribution is 2.26. The molecule has 30 heavy (non-hydrogen) atoms. The van der Waals surface area contributed by atoms with Crippen molar-refractivity contribution in [2.24, 2.45) is 16.6 Å². The lowest BCUT2D eigenvalue weighted by Gasteiger charge is -2.42. The molecule has 0 spiro atoms. The minimum atomic E-state index is -4.31. The number of dihydropyridines is 2. The van der Waals surface area contributed by atoms with E-state index >= 15 is 0 Å². The Morgan fingerprint density at radius 3 is 2.73 bits per heavy atom. The van der Waals surface area contributed by atoms with Crippen LogP contribution in [0.5, 0.6) is 0 Å². The van der Waals surface area contributed by atoms with E-state index in [1.54, 1.807) is 18.4 Å². The summed E-state index contributed by atoms with van der Waals surface area (Å²) in [6, 6.07) is 0. The van der Waals surface area contributed by atoms with Gasteiger partial charge in [-0.25, -0.2) is 4.99 Å². The fourth-order valence-electron chi connectivity index (χ4n) is 3.01. The first-order valence-electron chi connectivity index (χ1n) is 9.52. The van der Waals surface area contributed by atoms with E-state index in [4.69, 9.17) is 15.9 Å². The molecule has 0 saturated carbocycles. The molecule has 0 aliphatic carbocycles. The van der Waals surface area contributed by atoms with Crippen LogP contribution in [0.2, 0.25) is 0 Å². The smallest absolute Gasteiger partial charge is 0.384 e. The molecule has 0 bridgehead atoms. The summed E-state index contributed by atoms with van der Waals surface area (Å²) in [4.78, 5) is 6.28. The van der Waals surface area contributed by atoms with Gasteiger partial charge in [0.1, 0.15) is 18.3 Å². The third kappa shape index (κ3) is 5.53. The number of hydrogen-bond donors (Lipinski definition) is 4. The quantitative estimate of drug-likeness (QED) is 0.373. The topological polar surface area (TPSA) is 98.8 Å². The van der Waals surface area contributed by atoms with Gasteiger partial charge in [-0.1, -0.05) is 13.8 Å². The second kappa shape index (κ2) is 8.78. The monoisotopic (exact) mass is 422 g/mol. The predicted octanol–water partition coefficient (Wildman–Crippen LogP) is 2.50. The minimum absolute atomic E-state index is 0.162. The number of nitrogens with zero attached hydrogens (tertiary/aromatic N) is 2. The highest BCUT2D eigenvalue weighted by atomic mass is 19.4. The molecule has 1 fully saturated rings. The molecule has 3 aliphatic rings. The average Bonchev–Trinajstić information content (AvgIpc) is 2.63. The van der Waals surface area contributed by atoms with E-state index in [-0.39, 0.29) is 11.8 Å².